The maximum Gasteiger partial charge on any atom is 0.317 e. The third-order valence-corrected chi connectivity index (χ3v) is 5.93. The van der Waals surface area contributed by atoms with Crippen molar-refractivity contribution < 1.29 is 19.0 Å². The summed E-state index contributed by atoms with van der Waals surface area (Å²) in [5, 5.41) is 4.33. The zero-order valence-corrected chi connectivity index (χ0v) is 18.5. The van der Waals surface area contributed by atoms with Crippen LogP contribution in [0.2, 0.25) is 5.02 Å². The Morgan fingerprint density at radius 3 is 2.73 bits per heavy atom. The zero-order valence-electron chi connectivity index (χ0n) is 17.0. The largest absolute Gasteiger partial charge is 0.490 e. The van der Waals surface area contributed by atoms with E-state index < -0.39 is 17.7 Å². The summed E-state index contributed by atoms with van der Waals surface area (Å²) in [6, 6.07) is 12.5. The van der Waals surface area contributed by atoms with Gasteiger partial charge in [-0.25, -0.2) is 0 Å². The minimum absolute atomic E-state index is 0.269. The number of nitrogens with zero attached hydrogens (tertiary/aromatic N) is 1. The Hall–Kier alpha value is -2.51. The smallest absolute Gasteiger partial charge is 0.317 e. The average Bonchev–Trinajstić information content (AvgIpc) is 2.68. The lowest BCUT2D eigenvalue weighted by molar-refractivity contribution is -0.159. The van der Waals surface area contributed by atoms with Gasteiger partial charge in [0.15, 0.2) is 16.6 Å². The predicted octanol–water partition coefficient (Wildman–Crippen LogP) is 4.46. The van der Waals surface area contributed by atoms with Crippen molar-refractivity contribution in [1.29, 1.82) is 0 Å². The minimum atomic E-state index is -1.15. The highest BCUT2D eigenvalue weighted by atomic mass is 35.5. The number of anilines is 1. The molecule has 0 radical (unpaired) electrons. The highest BCUT2D eigenvalue weighted by Gasteiger charge is 2.60. The SMILES string of the molecule is CCOC(=O)[C@@H]1[C@@H]2NC(=S)N(c3cccc(Cl)c3)[C@@]1(C)Oc1c(OCC)cccc12. The molecule has 4 rings (SSSR count). The molecule has 2 aromatic rings. The molecule has 3 atom stereocenters. The second kappa shape index (κ2) is 7.96. The summed E-state index contributed by atoms with van der Waals surface area (Å²) in [4.78, 5) is 14.9. The van der Waals surface area contributed by atoms with Gasteiger partial charge in [0.25, 0.3) is 0 Å². The average molecular weight is 447 g/mol. The van der Waals surface area contributed by atoms with E-state index in [-0.39, 0.29) is 12.6 Å². The van der Waals surface area contributed by atoms with Crippen molar-refractivity contribution in [2.75, 3.05) is 18.1 Å². The van der Waals surface area contributed by atoms with Crippen molar-refractivity contribution in [3.05, 3.63) is 53.1 Å². The zero-order chi connectivity index (χ0) is 21.5. The molecule has 2 aromatic carbocycles. The Balaban J connectivity index is 1.91. The summed E-state index contributed by atoms with van der Waals surface area (Å²) in [5.41, 5.74) is 0.376. The highest BCUT2D eigenvalue weighted by molar-refractivity contribution is 7.80. The first kappa shape index (κ1) is 20.8. The number of carbonyl (C=O) groups is 1. The normalized spacial score (nSPS) is 24.4. The lowest BCUT2D eigenvalue weighted by Crippen LogP contribution is -2.71. The van der Waals surface area contributed by atoms with Crippen LogP contribution in [-0.2, 0) is 9.53 Å². The van der Waals surface area contributed by atoms with Gasteiger partial charge in [0.05, 0.1) is 19.3 Å². The summed E-state index contributed by atoms with van der Waals surface area (Å²) in [6.07, 6.45) is 0. The summed E-state index contributed by atoms with van der Waals surface area (Å²) >= 11 is 11.9. The number of esters is 1. The number of benzene rings is 2. The molecule has 0 amide bonds. The number of para-hydroxylation sites is 1. The molecule has 0 unspecified atom stereocenters. The molecule has 0 spiro atoms. The number of nitrogens with one attached hydrogen (secondary N) is 1. The number of halogens is 1. The summed E-state index contributed by atoms with van der Waals surface area (Å²) in [7, 11) is 0. The Morgan fingerprint density at radius 1 is 1.27 bits per heavy atom. The van der Waals surface area contributed by atoms with Crippen LogP contribution in [0.3, 0.4) is 0 Å². The first-order valence-corrected chi connectivity index (χ1v) is 10.7. The quantitative estimate of drug-likeness (QED) is 0.537. The fourth-order valence-corrected chi connectivity index (χ4v) is 4.83. The van der Waals surface area contributed by atoms with E-state index in [0.717, 1.165) is 5.56 Å². The Labute approximate surface area is 186 Å². The lowest BCUT2D eigenvalue weighted by atomic mass is 9.79. The van der Waals surface area contributed by atoms with Gasteiger partial charge in [-0.3, -0.25) is 9.69 Å². The van der Waals surface area contributed by atoms with Crippen LogP contribution < -0.4 is 19.7 Å². The number of thiocarbonyl (C=S) groups is 1. The van der Waals surface area contributed by atoms with Crippen LogP contribution in [-0.4, -0.2) is 30.0 Å². The van der Waals surface area contributed by atoms with Gasteiger partial charge in [0, 0.05) is 16.3 Å². The first-order chi connectivity index (χ1) is 14.4. The highest BCUT2D eigenvalue weighted by Crippen LogP contribution is 2.52. The summed E-state index contributed by atoms with van der Waals surface area (Å²) in [6.45, 7) is 6.31. The molecule has 2 heterocycles. The van der Waals surface area contributed by atoms with E-state index in [9.17, 15) is 4.79 Å². The van der Waals surface area contributed by atoms with Crippen molar-refractivity contribution in [2.24, 2.45) is 5.92 Å². The van der Waals surface area contributed by atoms with Gasteiger partial charge in [-0.15, -0.1) is 0 Å². The van der Waals surface area contributed by atoms with Gasteiger partial charge >= 0.3 is 5.97 Å². The van der Waals surface area contributed by atoms with E-state index in [0.29, 0.717) is 33.9 Å². The molecule has 0 saturated carbocycles. The molecular weight excluding hydrogens is 424 g/mol. The standard InChI is InChI=1S/C22H23ClN2O4S/c1-4-27-16-11-7-10-15-18-17(20(26)28-5-2)22(3,29-19(15)16)25(21(30)24-18)14-9-6-8-13(23)12-14/h6-12,17-18H,4-5H2,1-3H3,(H,24,30)/t17-,18+,22-/m0/s1. The first-order valence-electron chi connectivity index (χ1n) is 9.88. The Kier molecular flexibility index (Phi) is 5.51. The minimum Gasteiger partial charge on any atom is -0.490 e. The third kappa shape index (κ3) is 3.26. The number of fused-ring (bicyclic) bond motifs is 4. The van der Waals surface area contributed by atoms with E-state index in [1.54, 1.807) is 24.0 Å². The number of ether oxygens (including phenoxy) is 3. The van der Waals surface area contributed by atoms with Crippen LogP contribution in [0.1, 0.15) is 32.4 Å². The lowest BCUT2D eigenvalue weighted by Gasteiger charge is -2.55. The number of hydrogen-bond donors (Lipinski definition) is 1. The van der Waals surface area contributed by atoms with Crippen molar-refractivity contribution in [3.8, 4) is 11.5 Å². The molecule has 1 fully saturated rings. The van der Waals surface area contributed by atoms with Gasteiger partial charge in [-0.1, -0.05) is 29.8 Å². The molecule has 0 aromatic heterocycles. The predicted molar refractivity (Wildman–Crippen MR) is 119 cm³/mol. The molecule has 2 bridgehead atoms. The number of carbonyl (C=O) groups excluding carboxylic acids is 1. The molecule has 1 saturated heterocycles. The van der Waals surface area contributed by atoms with E-state index >= 15 is 0 Å². The number of rotatable bonds is 5. The van der Waals surface area contributed by atoms with Crippen LogP contribution >= 0.6 is 23.8 Å². The molecule has 6 nitrogen and oxygen atoms in total. The topological polar surface area (TPSA) is 60.0 Å². The Bertz CT molecular complexity index is 1000. The fourth-order valence-electron chi connectivity index (χ4n) is 4.24. The van der Waals surface area contributed by atoms with Gasteiger partial charge in [0.2, 0.25) is 5.72 Å². The van der Waals surface area contributed by atoms with Crippen LogP contribution in [0.25, 0.3) is 0 Å². The fraction of sp³-hybridized carbons (Fsp3) is 0.364. The van der Waals surface area contributed by atoms with Crippen molar-refractivity contribution >= 4 is 40.6 Å². The van der Waals surface area contributed by atoms with E-state index in [1.165, 1.54) is 0 Å². The molecule has 8 heteroatoms. The summed E-state index contributed by atoms with van der Waals surface area (Å²) < 4.78 is 17.8. The van der Waals surface area contributed by atoms with Gasteiger partial charge in [0.1, 0.15) is 5.92 Å². The monoisotopic (exact) mass is 446 g/mol. The van der Waals surface area contributed by atoms with Crippen molar-refractivity contribution in [2.45, 2.75) is 32.5 Å². The molecule has 30 heavy (non-hydrogen) atoms. The van der Waals surface area contributed by atoms with Gasteiger partial charge in [-0.2, -0.15) is 0 Å². The molecule has 2 aliphatic rings. The van der Waals surface area contributed by atoms with Crippen molar-refractivity contribution in [1.82, 2.24) is 5.32 Å². The number of hydrogen-bond acceptors (Lipinski definition) is 5. The van der Waals surface area contributed by atoms with E-state index in [1.807, 2.05) is 44.2 Å². The maximum atomic E-state index is 13.1. The molecule has 2 aliphatic heterocycles. The molecule has 0 aliphatic carbocycles. The molecule has 1 N–H and O–H groups in total. The summed E-state index contributed by atoms with van der Waals surface area (Å²) in [5.74, 6) is 0.177. The van der Waals surface area contributed by atoms with E-state index in [4.69, 9.17) is 38.0 Å². The van der Waals surface area contributed by atoms with Gasteiger partial charge < -0.3 is 19.5 Å². The second-order valence-electron chi connectivity index (χ2n) is 7.24. The third-order valence-electron chi connectivity index (χ3n) is 5.40. The van der Waals surface area contributed by atoms with Crippen LogP contribution in [0.15, 0.2) is 42.5 Å². The second-order valence-corrected chi connectivity index (χ2v) is 8.06. The van der Waals surface area contributed by atoms with Crippen LogP contribution in [0.5, 0.6) is 11.5 Å². The van der Waals surface area contributed by atoms with Gasteiger partial charge in [-0.05, 0) is 57.3 Å². The van der Waals surface area contributed by atoms with Crippen LogP contribution in [0, 0.1) is 5.92 Å². The van der Waals surface area contributed by atoms with Crippen LogP contribution in [0.4, 0.5) is 5.69 Å². The molecular formula is C22H23ClN2O4S. The maximum absolute atomic E-state index is 13.1. The van der Waals surface area contributed by atoms with E-state index in [2.05, 4.69) is 5.32 Å². The Morgan fingerprint density at radius 2 is 2.03 bits per heavy atom. The van der Waals surface area contributed by atoms with Crippen molar-refractivity contribution in [3.63, 3.8) is 0 Å². The molecule has 158 valence electrons.